The zero-order valence-corrected chi connectivity index (χ0v) is 11.4. The monoisotopic (exact) mass is 272 g/mol. The first-order valence-electron chi connectivity index (χ1n) is 6.26. The minimum atomic E-state index is -0.863. The first-order valence-corrected chi connectivity index (χ1v) is 6.26. The van der Waals surface area contributed by atoms with Crippen LogP contribution >= 0.6 is 0 Å². The lowest BCUT2D eigenvalue weighted by Gasteiger charge is -2.13. The minimum absolute atomic E-state index is 0.362. The Labute approximate surface area is 117 Å². The van der Waals surface area contributed by atoms with Gasteiger partial charge in [0.25, 0.3) is 5.91 Å². The number of anilines is 1. The van der Waals surface area contributed by atoms with Crippen LogP contribution < -0.4 is 5.32 Å². The maximum atomic E-state index is 11.9. The second-order valence-electron chi connectivity index (χ2n) is 4.41. The third-order valence-electron chi connectivity index (χ3n) is 2.85. The SMILES string of the molecule is CC(OC(=O)c1cccn1C)C(=O)Nc1ccccc1. The van der Waals surface area contributed by atoms with E-state index in [0.717, 1.165) is 0 Å². The molecule has 104 valence electrons. The highest BCUT2D eigenvalue weighted by molar-refractivity contribution is 5.96. The predicted molar refractivity (Wildman–Crippen MR) is 75.4 cm³/mol. The van der Waals surface area contributed by atoms with Crippen LogP contribution in [-0.4, -0.2) is 22.5 Å². The van der Waals surface area contributed by atoms with Gasteiger partial charge in [0.2, 0.25) is 0 Å². The van der Waals surface area contributed by atoms with Crippen molar-refractivity contribution in [2.45, 2.75) is 13.0 Å². The number of nitrogens with one attached hydrogen (secondary N) is 1. The highest BCUT2D eigenvalue weighted by Crippen LogP contribution is 2.08. The smallest absolute Gasteiger partial charge is 0.355 e. The third-order valence-corrected chi connectivity index (χ3v) is 2.85. The molecule has 2 rings (SSSR count). The molecule has 5 heteroatoms. The summed E-state index contributed by atoms with van der Waals surface area (Å²) in [6.07, 6.45) is 0.878. The summed E-state index contributed by atoms with van der Waals surface area (Å²) in [6.45, 7) is 1.54. The van der Waals surface area contributed by atoms with Crippen LogP contribution in [0.4, 0.5) is 5.69 Å². The number of aromatic nitrogens is 1. The Morgan fingerprint density at radius 3 is 2.45 bits per heavy atom. The summed E-state index contributed by atoms with van der Waals surface area (Å²) in [7, 11) is 1.74. The summed E-state index contributed by atoms with van der Waals surface area (Å²) in [4.78, 5) is 23.8. The molecule has 0 aliphatic carbocycles. The molecule has 0 spiro atoms. The van der Waals surface area contributed by atoms with Gasteiger partial charge in [-0.05, 0) is 31.2 Å². The fourth-order valence-corrected chi connectivity index (χ4v) is 1.71. The van der Waals surface area contributed by atoms with Crippen LogP contribution in [0.3, 0.4) is 0 Å². The molecule has 20 heavy (non-hydrogen) atoms. The van der Waals surface area contributed by atoms with Crippen LogP contribution in [0.2, 0.25) is 0 Å². The average molecular weight is 272 g/mol. The van der Waals surface area contributed by atoms with Gasteiger partial charge < -0.3 is 14.6 Å². The van der Waals surface area contributed by atoms with Crippen LogP contribution in [-0.2, 0) is 16.6 Å². The predicted octanol–water partition coefficient (Wildman–Crippen LogP) is 2.21. The molecule has 0 saturated heterocycles. The highest BCUT2D eigenvalue weighted by Gasteiger charge is 2.20. The zero-order chi connectivity index (χ0) is 14.5. The van der Waals surface area contributed by atoms with Gasteiger partial charge in [-0.15, -0.1) is 0 Å². The van der Waals surface area contributed by atoms with E-state index in [0.29, 0.717) is 11.4 Å². The summed E-state index contributed by atoms with van der Waals surface area (Å²) in [6, 6.07) is 12.4. The summed E-state index contributed by atoms with van der Waals surface area (Å²) >= 11 is 0. The first kappa shape index (κ1) is 13.9. The van der Waals surface area contributed by atoms with Gasteiger partial charge >= 0.3 is 5.97 Å². The van der Waals surface area contributed by atoms with E-state index in [9.17, 15) is 9.59 Å². The molecule has 0 bridgehead atoms. The molecule has 1 heterocycles. The van der Waals surface area contributed by atoms with Gasteiger partial charge in [-0.25, -0.2) is 4.79 Å². The number of carbonyl (C=O) groups excluding carboxylic acids is 2. The van der Waals surface area contributed by atoms with Gasteiger partial charge in [-0.1, -0.05) is 18.2 Å². The van der Waals surface area contributed by atoms with Crippen molar-refractivity contribution in [2.75, 3.05) is 5.32 Å². The molecule has 1 unspecified atom stereocenters. The van der Waals surface area contributed by atoms with Crippen LogP contribution in [0.15, 0.2) is 48.7 Å². The van der Waals surface area contributed by atoms with Crippen molar-refractivity contribution in [3.63, 3.8) is 0 Å². The number of benzene rings is 1. The average Bonchev–Trinajstić information content (AvgIpc) is 2.86. The molecule has 0 fully saturated rings. The van der Waals surface area contributed by atoms with E-state index in [-0.39, 0.29) is 5.91 Å². The second-order valence-corrected chi connectivity index (χ2v) is 4.41. The van der Waals surface area contributed by atoms with E-state index < -0.39 is 12.1 Å². The van der Waals surface area contributed by atoms with Crippen molar-refractivity contribution < 1.29 is 14.3 Å². The van der Waals surface area contributed by atoms with E-state index in [2.05, 4.69) is 5.32 Å². The van der Waals surface area contributed by atoms with E-state index in [4.69, 9.17) is 4.74 Å². The maximum absolute atomic E-state index is 11.9. The third kappa shape index (κ3) is 3.26. The summed E-state index contributed by atoms with van der Waals surface area (Å²) in [5.41, 5.74) is 1.07. The lowest BCUT2D eigenvalue weighted by molar-refractivity contribution is -0.123. The molecular formula is C15H16N2O3. The van der Waals surface area contributed by atoms with E-state index in [1.54, 1.807) is 49.0 Å². The number of esters is 1. The number of para-hydroxylation sites is 1. The minimum Gasteiger partial charge on any atom is -0.448 e. The molecule has 1 N–H and O–H groups in total. The molecule has 0 aliphatic heterocycles. The number of amides is 1. The highest BCUT2D eigenvalue weighted by atomic mass is 16.5. The van der Waals surface area contributed by atoms with Gasteiger partial charge in [-0.2, -0.15) is 0 Å². The van der Waals surface area contributed by atoms with Gasteiger partial charge in [-0.3, -0.25) is 4.79 Å². The van der Waals surface area contributed by atoms with Gasteiger partial charge in [0.05, 0.1) is 0 Å². The first-order chi connectivity index (χ1) is 9.58. The number of rotatable bonds is 4. The van der Waals surface area contributed by atoms with Gasteiger partial charge in [0.1, 0.15) is 5.69 Å². The topological polar surface area (TPSA) is 60.3 Å². The number of nitrogens with zero attached hydrogens (tertiary/aromatic N) is 1. The molecule has 0 radical (unpaired) electrons. The van der Waals surface area contributed by atoms with Crippen LogP contribution in [0, 0.1) is 0 Å². The van der Waals surface area contributed by atoms with Gasteiger partial charge in [0.15, 0.2) is 6.10 Å². The normalized spacial score (nSPS) is 11.7. The maximum Gasteiger partial charge on any atom is 0.355 e. The Balaban J connectivity index is 1.95. The molecule has 1 amide bonds. The quantitative estimate of drug-likeness (QED) is 0.868. The second kappa shape index (κ2) is 6.06. The van der Waals surface area contributed by atoms with E-state index in [1.807, 2.05) is 18.2 Å². The standard InChI is InChI=1S/C15H16N2O3/c1-11(14(18)16-12-7-4-3-5-8-12)20-15(19)13-9-6-10-17(13)2/h3-11H,1-2H3,(H,16,18). The molecule has 2 aromatic rings. The van der Waals surface area contributed by atoms with Crippen LogP contribution in [0.1, 0.15) is 17.4 Å². The van der Waals surface area contributed by atoms with E-state index in [1.165, 1.54) is 0 Å². The van der Waals surface area contributed by atoms with Crippen molar-refractivity contribution in [1.29, 1.82) is 0 Å². The Morgan fingerprint density at radius 2 is 1.85 bits per heavy atom. The summed E-state index contributed by atoms with van der Waals surface area (Å²) in [5.74, 6) is -0.882. The van der Waals surface area contributed by atoms with Gasteiger partial charge in [0, 0.05) is 18.9 Å². The zero-order valence-electron chi connectivity index (χ0n) is 11.4. The van der Waals surface area contributed by atoms with Crippen LogP contribution in [0.5, 0.6) is 0 Å². The Morgan fingerprint density at radius 1 is 1.15 bits per heavy atom. The number of hydrogen-bond donors (Lipinski definition) is 1. The number of aryl methyl sites for hydroxylation is 1. The van der Waals surface area contributed by atoms with Crippen molar-refractivity contribution >= 4 is 17.6 Å². The fraction of sp³-hybridized carbons (Fsp3) is 0.200. The molecular weight excluding hydrogens is 256 g/mol. The largest absolute Gasteiger partial charge is 0.448 e. The number of carbonyl (C=O) groups is 2. The Bertz CT molecular complexity index is 605. The molecule has 0 aliphatic rings. The lowest BCUT2D eigenvalue weighted by Crippen LogP contribution is -2.30. The Kier molecular flexibility index (Phi) is 4.20. The van der Waals surface area contributed by atoms with Crippen molar-refractivity contribution in [2.24, 2.45) is 7.05 Å². The van der Waals surface area contributed by atoms with Crippen molar-refractivity contribution in [3.8, 4) is 0 Å². The number of hydrogen-bond acceptors (Lipinski definition) is 3. The molecule has 5 nitrogen and oxygen atoms in total. The fourth-order valence-electron chi connectivity index (χ4n) is 1.71. The van der Waals surface area contributed by atoms with Crippen molar-refractivity contribution in [3.05, 3.63) is 54.4 Å². The van der Waals surface area contributed by atoms with E-state index >= 15 is 0 Å². The molecule has 0 saturated carbocycles. The summed E-state index contributed by atoms with van der Waals surface area (Å²) < 4.78 is 6.78. The molecule has 1 aromatic heterocycles. The Hall–Kier alpha value is -2.56. The summed E-state index contributed by atoms with van der Waals surface area (Å²) in [5, 5.41) is 2.68. The molecule has 1 atom stereocenters. The van der Waals surface area contributed by atoms with Crippen molar-refractivity contribution in [1.82, 2.24) is 4.57 Å². The lowest BCUT2D eigenvalue weighted by atomic mass is 10.3. The molecule has 1 aromatic carbocycles. The van der Waals surface area contributed by atoms with Crippen LogP contribution in [0.25, 0.3) is 0 Å². The number of ether oxygens (including phenoxy) is 1.